The molecule has 7 nitrogen and oxygen atoms in total. The van der Waals surface area contributed by atoms with E-state index in [0.29, 0.717) is 41.5 Å². The number of aromatic hydroxyl groups is 3. The van der Waals surface area contributed by atoms with Gasteiger partial charge in [0.25, 0.3) is 0 Å². The third-order valence-electron chi connectivity index (χ3n) is 10.2. The summed E-state index contributed by atoms with van der Waals surface area (Å²) in [5.41, 5.74) is 8.97. The molecule has 6 rings (SSSR count). The average molecular weight is 685 g/mol. The molecule has 7 heteroatoms. The van der Waals surface area contributed by atoms with Gasteiger partial charge in [-0.05, 0) is 65.1 Å². The Kier molecular flexibility index (Phi) is 12.2. The van der Waals surface area contributed by atoms with Crippen LogP contribution in [0, 0.1) is 5.92 Å². The van der Waals surface area contributed by atoms with Crippen molar-refractivity contribution in [3.05, 3.63) is 113 Å². The second-order valence-corrected chi connectivity index (χ2v) is 14.0. The van der Waals surface area contributed by atoms with Gasteiger partial charge in [-0.25, -0.2) is 9.97 Å². The summed E-state index contributed by atoms with van der Waals surface area (Å²) in [5.74, 6) is 0.909. The van der Waals surface area contributed by atoms with Gasteiger partial charge < -0.3 is 15.3 Å². The van der Waals surface area contributed by atoms with E-state index in [0.717, 1.165) is 16.7 Å². The molecule has 0 radical (unpaired) electrons. The molecule has 0 spiro atoms. The van der Waals surface area contributed by atoms with Crippen molar-refractivity contribution >= 4 is 16.9 Å². The Morgan fingerprint density at radius 2 is 1.16 bits per heavy atom. The van der Waals surface area contributed by atoms with Gasteiger partial charge in [-0.2, -0.15) is 0 Å². The normalized spacial score (nSPS) is 15.0. The number of aliphatic imine (C=N–C) groups is 1. The molecule has 2 heterocycles. The van der Waals surface area contributed by atoms with E-state index in [1.807, 2.05) is 19.2 Å². The van der Waals surface area contributed by atoms with Crippen molar-refractivity contribution in [2.75, 3.05) is 7.05 Å². The van der Waals surface area contributed by atoms with Crippen molar-refractivity contribution in [1.82, 2.24) is 14.4 Å². The molecule has 0 saturated carbocycles. The SMILES string of the molecule is CCCCCCCCCCCCCC1C=C(c2ccc(Cc3nc4c(Cc5ccc(O)cc5)nc(-c5ccc(O)cc5)cn4c3O)cc2)C1=NC. The van der Waals surface area contributed by atoms with Crippen LogP contribution in [0.2, 0.25) is 0 Å². The lowest BCUT2D eigenvalue weighted by Crippen LogP contribution is -2.24. The van der Waals surface area contributed by atoms with Crippen LogP contribution in [0.15, 0.2) is 90.1 Å². The minimum Gasteiger partial charge on any atom is -0.508 e. The van der Waals surface area contributed by atoms with Gasteiger partial charge in [0.2, 0.25) is 5.88 Å². The number of nitrogens with zero attached hydrogens (tertiary/aromatic N) is 4. The van der Waals surface area contributed by atoms with E-state index in [1.54, 1.807) is 47.0 Å². The molecular weight excluding hydrogens is 633 g/mol. The van der Waals surface area contributed by atoms with Crippen LogP contribution in [-0.4, -0.2) is 42.4 Å². The molecular formula is C44H52N4O3. The fourth-order valence-corrected chi connectivity index (χ4v) is 7.20. The van der Waals surface area contributed by atoms with Gasteiger partial charge >= 0.3 is 0 Å². The molecule has 3 N–H and O–H groups in total. The van der Waals surface area contributed by atoms with Gasteiger partial charge in [0.15, 0.2) is 5.65 Å². The fraction of sp³-hybridized carbons (Fsp3) is 0.386. The van der Waals surface area contributed by atoms with Crippen LogP contribution < -0.4 is 0 Å². The minimum absolute atomic E-state index is 0.0795. The number of phenols is 2. The number of aromatic nitrogens is 3. The van der Waals surface area contributed by atoms with Crippen LogP contribution in [0.3, 0.4) is 0 Å². The summed E-state index contributed by atoms with van der Waals surface area (Å²) in [6, 6.07) is 22.4. The minimum atomic E-state index is 0.0795. The summed E-state index contributed by atoms with van der Waals surface area (Å²) in [6.07, 6.45) is 21.3. The largest absolute Gasteiger partial charge is 0.508 e. The Balaban J connectivity index is 1.09. The van der Waals surface area contributed by atoms with E-state index in [4.69, 9.17) is 9.97 Å². The molecule has 266 valence electrons. The number of imidazole rings is 1. The predicted octanol–water partition coefficient (Wildman–Crippen LogP) is 10.5. The Morgan fingerprint density at radius 3 is 1.76 bits per heavy atom. The number of unbranched alkanes of at least 4 members (excludes halogenated alkanes) is 10. The molecule has 5 aromatic rings. The first-order valence-corrected chi connectivity index (χ1v) is 18.9. The van der Waals surface area contributed by atoms with Crippen LogP contribution in [0.1, 0.15) is 112 Å². The second-order valence-electron chi connectivity index (χ2n) is 14.0. The molecule has 0 saturated heterocycles. The van der Waals surface area contributed by atoms with Crippen molar-refractivity contribution in [2.45, 2.75) is 96.8 Å². The second kappa shape index (κ2) is 17.3. The maximum Gasteiger partial charge on any atom is 0.219 e. The topological polar surface area (TPSA) is 103 Å². The molecule has 0 fully saturated rings. The number of hydrogen-bond donors (Lipinski definition) is 3. The highest BCUT2D eigenvalue weighted by molar-refractivity contribution is 6.31. The molecule has 1 unspecified atom stereocenters. The molecule has 2 aromatic heterocycles. The summed E-state index contributed by atoms with van der Waals surface area (Å²) < 4.78 is 1.70. The van der Waals surface area contributed by atoms with Crippen molar-refractivity contribution in [2.24, 2.45) is 10.9 Å². The van der Waals surface area contributed by atoms with Gasteiger partial charge in [-0.1, -0.05) is 120 Å². The fourth-order valence-electron chi connectivity index (χ4n) is 7.20. The summed E-state index contributed by atoms with van der Waals surface area (Å²) in [5, 5.41) is 31.0. The number of rotatable bonds is 18. The summed E-state index contributed by atoms with van der Waals surface area (Å²) in [7, 11) is 1.91. The first-order chi connectivity index (χ1) is 24.9. The Hall–Kier alpha value is -4.91. The first-order valence-electron chi connectivity index (χ1n) is 18.9. The zero-order chi connectivity index (χ0) is 35.6. The molecule has 1 aliphatic carbocycles. The van der Waals surface area contributed by atoms with Gasteiger partial charge in [-0.3, -0.25) is 9.39 Å². The summed E-state index contributed by atoms with van der Waals surface area (Å²) in [4.78, 5) is 14.5. The van der Waals surface area contributed by atoms with E-state index < -0.39 is 0 Å². The Bertz CT molecular complexity index is 1940. The van der Waals surface area contributed by atoms with Crippen LogP contribution >= 0.6 is 0 Å². The van der Waals surface area contributed by atoms with Crippen molar-refractivity contribution in [1.29, 1.82) is 0 Å². The van der Waals surface area contributed by atoms with Crippen molar-refractivity contribution in [3.63, 3.8) is 0 Å². The lowest BCUT2D eigenvalue weighted by Gasteiger charge is -2.28. The highest BCUT2D eigenvalue weighted by Gasteiger charge is 2.27. The maximum absolute atomic E-state index is 11.4. The predicted molar refractivity (Wildman–Crippen MR) is 208 cm³/mol. The third kappa shape index (κ3) is 9.07. The molecule has 0 bridgehead atoms. The zero-order valence-electron chi connectivity index (χ0n) is 30.2. The summed E-state index contributed by atoms with van der Waals surface area (Å²) >= 11 is 0. The molecule has 3 aromatic carbocycles. The van der Waals surface area contributed by atoms with Gasteiger partial charge in [-0.15, -0.1) is 0 Å². The Labute approximate surface area is 302 Å². The zero-order valence-corrected chi connectivity index (χ0v) is 30.2. The van der Waals surface area contributed by atoms with E-state index in [1.165, 1.54) is 93.9 Å². The van der Waals surface area contributed by atoms with Crippen LogP contribution in [0.4, 0.5) is 0 Å². The molecule has 1 atom stereocenters. The highest BCUT2D eigenvalue weighted by Crippen LogP contribution is 2.36. The number of hydrogen-bond acceptors (Lipinski definition) is 6. The van der Waals surface area contributed by atoms with Crippen molar-refractivity contribution in [3.8, 4) is 28.6 Å². The van der Waals surface area contributed by atoms with E-state index in [-0.39, 0.29) is 17.4 Å². The van der Waals surface area contributed by atoms with Gasteiger partial charge in [0.05, 0.1) is 11.4 Å². The average Bonchev–Trinajstić information content (AvgIpc) is 3.44. The van der Waals surface area contributed by atoms with Crippen molar-refractivity contribution < 1.29 is 15.3 Å². The van der Waals surface area contributed by atoms with Gasteiger partial charge in [0, 0.05) is 43.3 Å². The maximum atomic E-state index is 11.4. The van der Waals surface area contributed by atoms with E-state index in [9.17, 15) is 15.3 Å². The number of phenolic OH excluding ortho intramolecular Hbond substituents is 2. The molecule has 0 aliphatic heterocycles. The molecule has 51 heavy (non-hydrogen) atoms. The quantitative estimate of drug-likeness (QED) is 0.0797. The monoisotopic (exact) mass is 684 g/mol. The van der Waals surface area contributed by atoms with Gasteiger partial charge in [0.1, 0.15) is 17.2 Å². The van der Waals surface area contributed by atoms with E-state index in [2.05, 4.69) is 42.3 Å². The number of allylic oxidation sites excluding steroid dienone is 2. The highest BCUT2D eigenvalue weighted by atomic mass is 16.3. The lowest BCUT2D eigenvalue weighted by molar-refractivity contribution is 0.442. The molecule has 0 amide bonds. The Morgan fingerprint density at radius 1 is 0.627 bits per heavy atom. The van der Waals surface area contributed by atoms with Crippen LogP contribution in [0.5, 0.6) is 17.4 Å². The van der Waals surface area contributed by atoms with Crippen LogP contribution in [0.25, 0.3) is 22.5 Å². The lowest BCUT2D eigenvalue weighted by atomic mass is 9.77. The summed E-state index contributed by atoms with van der Waals surface area (Å²) in [6.45, 7) is 2.28. The van der Waals surface area contributed by atoms with E-state index >= 15 is 0 Å². The first kappa shape index (κ1) is 35.9. The standard InChI is InChI=1S/C44H52N4O3/c1-3-4-5-6-7-8-9-10-11-12-13-14-35-29-38(42(35)45-2)33-19-15-31(16-20-33)28-40-44(51)48-30-41(34-21-25-37(50)26-22-34)46-39(43(48)47-40)27-32-17-23-36(49)24-18-32/h15-26,29-30,35,49-51H,3-14,27-28H2,1-2H3. The smallest absolute Gasteiger partial charge is 0.219 e. The molecule has 1 aliphatic rings. The number of benzene rings is 3. The number of fused-ring (bicyclic) bond motifs is 1. The third-order valence-corrected chi connectivity index (χ3v) is 10.2. The van der Waals surface area contributed by atoms with Crippen LogP contribution in [-0.2, 0) is 12.8 Å².